The zero-order valence-electron chi connectivity index (χ0n) is 7.22. The van der Waals surface area contributed by atoms with Crippen LogP contribution in [0.1, 0.15) is 19.8 Å². The quantitative estimate of drug-likeness (QED) is 0.428. The van der Waals surface area contributed by atoms with Gasteiger partial charge in [-0.2, -0.15) is 0 Å². The van der Waals surface area contributed by atoms with Crippen LogP contribution in [-0.4, -0.2) is 31.6 Å². The van der Waals surface area contributed by atoms with Gasteiger partial charge in [0.15, 0.2) is 0 Å². The number of hydrazine groups is 1. The van der Waals surface area contributed by atoms with Gasteiger partial charge in [-0.05, 0) is 20.5 Å². The van der Waals surface area contributed by atoms with Crippen molar-refractivity contribution in [1.29, 1.82) is 0 Å². The zero-order chi connectivity index (χ0) is 7.98. The number of hydrogen-bond donors (Lipinski definition) is 2. The molecular formula is C7H19N3. The van der Waals surface area contributed by atoms with Gasteiger partial charge in [0, 0.05) is 12.6 Å². The predicted octanol–water partition coefficient (Wildman–Crippen LogP) is 0.180. The fraction of sp³-hybridized carbons (Fsp3) is 1.00. The fourth-order valence-corrected chi connectivity index (χ4v) is 1.02. The molecule has 10 heavy (non-hydrogen) atoms. The highest BCUT2D eigenvalue weighted by Crippen LogP contribution is 1.95. The van der Waals surface area contributed by atoms with E-state index in [1.807, 2.05) is 0 Å². The van der Waals surface area contributed by atoms with Gasteiger partial charge in [0.2, 0.25) is 0 Å². The topological polar surface area (TPSA) is 41.3 Å². The third-order valence-electron chi connectivity index (χ3n) is 1.46. The van der Waals surface area contributed by atoms with E-state index in [9.17, 15) is 0 Å². The Balaban J connectivity index is 3.39. The molecule has 0 spiro atoms. The highest BCUT2D eigenvalue weighted by molar-refractivity contribution is 4.64. The number of nitrogens with one attached hydrogen (secondary N) is 1. The molecule has 0 aliphatic carbocycles. The van der Waals surface area contributed by atoms with Crippen molar-refractivity contribution in [3.8, 4) is 0 Å². The van der Waals surface area contributed by atoms with Crippen LogP contribution in [0.5, 0.6) is 0 Å². The van der Waals surface area contributed by atoms with Crippen molar-refractivity contribution >= 4 is 0 Å². The van der Waals surface area contributed by atoms with Crippen molar-refractivity contribution < 1.29 is 0 Å². The largest absolute Gasteiger partial charge is 0.308 e. The molecule has 0 radical (unpaired) electrons. The number of rotatable bonds is 5. The van der Waals surface area contributed by atoms with E-state index in [-0.39, 0.29) is 0 Å². The monoisotopic (exact) mass is 145 g/mol. The molecular weight excluding hydrogens is 126 g/mol. The summed E-state index contributed by atoms with van der Waals surface area (Å²) in [5.74, 6) is 5.33. The first kappa shape index (κ1) is 9.88. The van der Waals surface area contributed by atoms with Crippen molar-refractivity contribution in [2.75, 3.05) is 20.6 Å². The summed E-state index contributed by atoms with van der Waals surface area (Å²) in [6.07, 6.45) is 2.33. The van der Waals surface area contributed by atoms with Crippen LogP contribution in [0.4, 0.5) is 0 Å². The molecule has 0 saturated carbocycles. The van der Waals surface area contributed by atoms with Crippen molar-refractivity contribution in [1.82, 2.24) is 10.3 Å². The second-order valence-corrected chi connectivity index (χ2v) is 2.91. The molecule has 0 aromatic rings. The van der Waals surface area contributed by atoms with Gasteiger partial charge in [0.05, 0.1) is 0 Å². The smallest absolute Gasteiger partial charge is 0.0337 e. The van der Waals surface area contributed by atoms with Crippen LogP contribution in [-0.2, 0) is 0 Å². The van der Waals surface area contributed by atoms with Crippen LogP contribution in [0.25, 0.3) is 0 Å². The van der Waals surface area contributed by atoms with Gasteiger partial charge in [0.1, 0.15) is 0 Å². The Bertz CT molecular complexity index is 73.3. The van der Waals surface area contributed by atoms with Gasteiger partial charge in [-0.25, -0.2) is 0 Å². The molecule has 0 aromatic heterocycles. The number of likely N-dealkylation sites (N-methyl/N-ethyl adjacent to an activating group) is 1. The van der Waals surface area contributed by atoms with E-state index in [1.165, 1.54) is 6.42 Å². The van der Waals surface area contributed by atoms with Crippen LogP contribution in [0.2, 0.25) is 0 Å². The Hall–Kier alpha value is -0.120. The summed E-state index contributed by atoms with van der Waals surface area (Å²) < 4.78 is 0. The second-order valence-electron chi connectivity index (χ2n) is 2.91. The van der Waals surface area contributed by atoms with E-state index in [2.05, 4.69) is 31.3 Å². The minimum Gasteiger partial charge on any atom is -0.308 e. The molecule has 1 atom stereocenters. The number of nitrogens with zero attached hydrogens (tertiary/aromatic N) is 1. The summed E-state index contributed by atoms with van der Waals surface area (Å²) in [6, 6.07) is 0.444. The van der Waals surface area contributed by atoms with Gasteiger partial charge in [-0.3, -0.25) is 11.3 Å². The van der Waals surface area contributed by atoms with E-state index in [4.69, 9.17) is 5.84 Å². The van der Waals surface area contributed by atoms with E-state index in [0.717, 1.165) is 13.0 Å². The molecule has 0 heterocycles. The van der Waals surface area contributed by atoms with Gasteiger partial charge >= 0.3 is 0 Å². The molecule has 0 saturated heterocycles. The fourth-order valence-electron chi connectivity index (χ4n) is 1.02. The standard InChI is InChI=1S/C7H19N3/c1-4-5-7(9-8)6-10(2)3/h7,9H,4-6,8H2,1-3H3. The minimum atomic E-state index is 0.444. The maximum absolute atomic E-state index is 5.33. The van der Waals surface area contributed by atoms with Crippen LogP contribution in [0, 0.1) is 0 Å². The summed E-state index contributed by atoms with van der Waals surface area (Å²) >= 11 is 0. The normalized spacial score (nSPS) is 14.1. The zero-order valence-corrected chi connectivity index (χ0v) is 7.22. The average molecular weight is 145 g/mol. The number of hydrogen-bond acceptors (Lipinski definition) is 3. The van der Waals surface area contributed by atoms with Gasteiger partial charge in [-0.15, -0.1) is 0 Å². The molecule has 0 rings (SSSR count). The van der Waals surface area contributed by atoms with E-state index >= 15 is 0 Å². The first-order valence-electron chi connectivity index (χ1n) is 3.81. The minimum absolute atomic E-state index is 0.444. The summed E-state index contributed by atoms with van der Waals surface area (Å²) in [5, 5.41) is 0. The average Bonchev–Trinajstić information content (AvgIpc) is 1.86. The highest BCUT2D eigenvalue weighted by atomic mass is 15.3. The maximum atomic E-state index is 5.33. The molecule has 0 fully saturated rings. The third kappa shape index (κ3) is 4.73. The lowest BCUT2D eigenvalue weighted by atomic mass is 10.2. The highest BCUT2D eigenvalue weighted by Gasteiger charge is 2.04. The van der Waals surface area contributed by atoms with Gasteiger partial charge < -0.3 is 4.90 Å². The Labute approximate surface area is 63.5 Å². The summed E-state index contributed by atoms with van der Waals surface area (Å²) in [4.78, 5) is 2.14. The molecule has 0 aliphatic heterocycles. The van der Waals surface area contributed by atoms with Gasteiger partial charge in [-0.1, -0.05) is 13.3 Å². The lowest BCUT2D eigenvalue weighted by Gasteiger charge is -2.19. The lowest BCUT2D eigenvalue weighted by molar-refractivity contribution is 0.327. The van der Waals surface area contributed by atoms with E-state index < -0.39 is 0 Å². The Kier molecular flexibility index (Phi) is 5.58. The first-order chi connectivity index (χ1) is 4.70. The molecule has 0 aromatic carbocycles. The lowest BCUT2D eigenvalue weighted by Crippen LogP contribution is -2.42. The van der Waals surface area contributed by atoms with Crippen LogP contribution in [0.3, 0.4) is 0 Å². The predicted molar refractivity (Wildman–Crippen MR) is 44.6 cm³/mol. The summed E-state index contributed by atoms with van der Waals surface area (Å²) in [5.41, 5.74) is 2.79. The first-order valence-corrected chi connectivity index (χ1v) is 3.81. The summed E-state index contributed by atoms with van der Waals surface area (Å²) in [7, 11) is 4.11. The Morgan fingerprint density at radius 3 is 2.40 bits per heavy atom. The molecule has 1 unspecified atom stereocenters. The Morgan fingerprint density at radius 1 is 1.50 bits per heavy atom. The molecule has 62 valence electrons. The van der Waals surface area contributed by atoms with Crippen molar-refractivity contribution in [3.05, 3.63) is 0 Å². The van der Waals surface area contributed by atoms with Crippen LogP contribution in [0.15, 0.2) is 0 Å². The molecule has 3 N–H and O–H groups in total. The van der Waals surface area contributed by atoms with Crippen LogP contribution < -0.4 is 11.3 Å². The third-order valence-corrected chi connectivity index (χ3v) is 1.46. The summed E-state index contributed by atoms with van der Waals surface area (Å²) in [6.45, 7) is 3.18. The second kappa shape index (κ2) is 5.65. The molecule has 3 heteroatoms. The van der Waals surface area contributed by atoms with Crippen molar-refractivity contribution in [2.24, 2.45) is 5.84 Å². The molecule has 0 amide bonds. The van der Waals surface area contributed by atoms with Crippen LogP contribution >= 0.6 is 0 Å². The SMILES string of the molecule is CCCC(CN(C)C)NN. The maximum Gasteiger partial charge on any atom is 0.0337 e. The van der Waals surface area contributed by atoms with E-state index in [1.54, 1.807) is 0 Å². The Morgan fingerprint density at radius 2 is 2.10 bits per heavy atom. The van der Waals surface area contributed by atoms with Gasteiger partial charge in [0.25, 0.3) is 0 Å². The molecule has 0 bridgehead atoms. The van der Waals surface area contributed by atoms with Crippen molar-refractivity contribution in [3.63, 3.8) is 0 Å². The number of nitrogens with two attached hydrogens (primary N) is 1. The molecule has 3 nitrogen and oxygen atoms in total. The van der Waals surface area contributed by atoms with Crippen molar-refractivity contribution in [2.45, 2.75) is 25.8 Å². The van der Waals surface area contributed by atoms with E-state index in [0.29, 0.717) is 6.04 Å². The molecule has 0 aliphatic rings.